The number of carbonyl (C=O) groups excluding carboxylic acids is 1. The van der Waals surface area contributed by atoms with Crippen molar-refractivity contribution in [1.82, 2.24) is 0 Å². The third-order valence-corrected chi connectivity index (χ3v) is 9.46. The van der Waals surface area contributed by atoms with Crippen molar-refractivity contribution in [2.24, 2.45) is 11.8 Å². The fourth-order valence-corrected chi connectivity index (χ4v) is 6.98. The Morgan fingerprint density at radius 2 is 1.46 bits per heavy atom. The molecule has 236 valence electrons. The Morgan fingerprint density at radius 3 is 2.15 bits per heavy atom. The van der Waals surface area contributed by atoms with Gasteiger partial charge in [0.25, 0.3) is 0 Å². The molecule has 41 heavy (non-hydrogen) atoms. The van der Waals surface area contributed by atoms with E-state index in [-0.39, 0.29) is 43.2 Å². The molecule has 0 bridgehead atoms. The summed E-state index contributed by atoms with van der Waals surface area (Å²) in [5.41, 5.74) is 0. The van der Waals surface area contributed by atoms with E-state index < -0.39 is 92.2 Å². The zero-order valence-corrected chi connectivity index (χ0v) is 23.0. The van der Waals surface area contributed by atoms with Crippen molar-refractivity contribution in [2.45, 2.75) is 144 Å². The van der Waals surface area contributed by atoms with Crippen LogP contribution in [0.1, 0.15) is 51.9 Å². The Hall–Kier alpha value is -0.850. The summed E-state index contributed by atoms with van der Waals surface area (Å²) >= 11 is 0. The highest BCUT2D eigenvalue weighted by Crippen LogP contribution is 2.41. The van der Waals surface area contributed by atoms with Crippen LogP contribution in [0.4, 0.5) is 0 Å². The van der Waals surface area contributed by atoms with E-state index in [1.54, 1.807) is 0 Å². The normalized spacial score (nSPS) is 53.1. The highest BCUT2D eigenvalue weighted by Gasteiger charge is 2.53. The van der Waals surface area contributed by atoms with E-state index in [9.17, 15) is 45.6 Å². The Labute approximate surface area is 237 Å². The molecule has 5 rings (SSSR count). The molecule has 0 radical (unpaired) electrons. The van der Waals surface area contributed by atoms with Gasteiger partial charge < -0.3 is 64.5 Å². The number of hydrogen-bond donors (Lipinski definition) is 8. The average Bonchev–Trinajstić information content (AvgIpc) is 2.94. The Morgan fingerprint density at radius 1 is 0.756 bits per heavy atom. The van der Waals surface area contributed by atoms with Gasteiger partial charge in [0, 0.05) is 19.3 Å². The van der Waals surface area contributed by atoms with E-state index >= 15 is 0 Å². The Balaban J connectivity index is 1.29. The molecular weight excluding hydrogens is 548 g/mol. The summed E-state index contributed by atoms with van der Waals surface area (Å²) in [5, 5.41) is 82.5. The molecule has 0 aromatic carbocycles. The lowest BCUT2D eigenvalue weighted by Crippen LogP contribution is -2.64. The molecule has 3 saturated heterocycles. The largest absolute Gasteiger partial charge is 0.394 e. The van der Waals surface area contributed by atoms with Gasteiger partial charge in [0.1, 0.15) is 48.5 Å². The Bertz CT molecular complexity index is 884. The highest BCUT2D eigenvalue weighted by molar-refractivity contribution is 5.83. The third-order valence-electron chi connectivity index (χ3n) is 9.46. The lowest BCUT2D eigenvalue weighted by molar-refractivity contribution is -0.371. The van der Waals surface area contributed by atoms with Crippen molar-refractivity contribution in [1.29, 1.82) is 0 Å². The molecule has 14 nitrogen and oxygen atoms in total. The molecule has 15 atom stereocenters. The molecular formula is C27H44O14. The number of hydrogen-bond acceptors (Lipinski definition) is 14. The molecule has 2 saturated carbocycles. The van der Waals surface area contributed by atoms with Crippen LogP contribution < -0.4 is 0 Å². The minimum absolute atomic E-state index is 0.0517. The molecule has 0 aromatic rings. The van der Waals surface area contributed by atoms with Gasteiger partial charge in [-0.1, -0.05) is 0 Å². The van der Waals surface area contributed by atoms with Crippen LogP contribution in [-0.2, 0) is 28.5 Å². The summed E-state index contributed by atoms with van der Waals surface area (Å²) in [6, 6.07) is 0. The van der Waals surface area contributed by atoms with Crippen molar-refractivity contribution in [3.05, 3.63) is 0 Å². The van der Waals surface area contributed by atoms with Crippen LogP contribution in [0.25, 0.3) is 0 Å². The van der Waals surface area contributed by atoms with Crippen LogP contribution in [0, 0.1) is 11.8 Å². The molecule has 3 heterocycles. The van der Waals surface area contributed by atoms with Gasteiger partial charge in [0.15, 0.2) is 12.6 Å². The summed E-state index contributed by atoms with van der Waals surface area (Å²) in [7, 11) is 0. The average molecular weight is 593 g/mol. The lowest BCUT2D eigenvalue weighted by Gasteiger charge is -2.48. The molecule has 14 heteroatoms. The van der Waals surface area contributed by atoms with Gasteiger partial charge in [-0.25, -0.2) is 0 Å². The predicted molar refractivity (Wildman–Crippen MR) is 135 cm³/mol. The van der Waals surface area contributed by atoms with Crippen molar-refractivity contribution in [3.63, 3.8) is 0 Å². The maximum Gasteiger partial charge on any atom is 0.187 e. The minimum Gasteiger partial charge on any atom is -0.394 e. The first-order chi connectivity index (χ1) is 19.5. The van der Waals surface area contributed by atoms with E-state index in [0.29, 0.717) is 12.8 Å². The standard InChI is InChI=1S/C27H44O14/c1-10-20(32)22(34)24(36)26(37-10)41-25-23(35)21(33)18(9-28)40-27(25)38-13-6-14(30)19-15(31)8-16(39-17(19)7-13)11-2-4-12(29)5-3-11/h10-14,16-30,32-36H,2-9H2,1H3/t10?,11?,12?,13?,14?,16?,17?,18?,19?,20-,21+,22?,23?,24?,25?,26-,27+/m0/s1. The van der Waals surface area contributed by atoms with Crippen LogP contribution >= 0.6 is 0 Å². The van der Waals surface area contributed by atoms with Gasteiger partial charge >= 0.3 is 0 Å². The molecule has 0 aromatic heterocycles. The van der Waals surface area contributed by atoms with Crippen molar-refractivity contribution >= 4 is 5.78 Å². The number of aliphatic hydroxyl groups excluding tert-OH is 8. The highest BCUT2D eigenvalue weighted by atomic mass is 16.8. The van der Waals surface area contributed by atoms with Crippen LogP contribution in [0.5, 0.6) is 0 Å². The molecule has 5 aliphatic rings. The topological polar surface area (TPSA) is 225 Å². The zero-order chi connectivity index (χ0) is 29.6. The number of Topliss-reactive ketones (excluding diaryl/α,β-unsaturated/α-hetero) is 1. The molecule has 3 aliphatic heterocycles. The van der Waals surface area contributed by atoms with E-state index in [1.807, 2.05) is 0 Å². The number of ether oxygens (including phenoxy) is 5. The number of ketones is 1. The van der Waals surface area contributed by atoms with Gasteiger partial charge in [-0.05, 0) is 38.5 Å². The van der Waals surface area contributed by atoms with E-state index in [4.69, 9.17) is 23.7 Å². The second kappa shape index (κ2) is 13.0. The maximum atomic E-state index is 13.1. The molecule has 11 unspecified atom stereocenters. The van der Waals surface area contributed by atoms with Crippen molar-refractivity contribution in [2.75, 3.05) is 6.61 Å². The fraction of sp³-hybridized carbons (Fsp3) is 0.963. The first-order valence-corrected chi connectivity index (χ1v) is 14.7. The fourth-order valence-electron chi connectivity index (χ4n) is 6.98. The molecule has 0 spiro atoms. The number of aliphatic hydroxyl groups is 8. The Kier molecular flexibility index (Phi) is 10.0. The second-order valence-electron chi connectivity index (χ2n) is 12.3. The van der Waals surface area contributed by atoms with E-state index in [1.165, 1.54) is 6.92 Å². The number of carbonyl (C=O) groups is 1. The third kappa shape index (κ3) is 6.50. The van der Waals surface area contributed by atoms with Crippen LogP contribution in [-0.4, -0.2) is 145 Å². The van der Waals surface area contributed by atoms with Crippen molar-refractivity contribution < 1.29 is 69.3 Å². The van der Waals surface area contributed by atoms with Gasteiger partial charge in [-0.2, -0.15) is 0 Å². The van der Waals surface area contributed by atoms with Crippen LogP contribution in [0.3, 0.4) is 0 Å². The summed E-state index contributed by atoms with van der Waals surface area (Å²) in [5.74, 6) is -0.658. The van der Waals surface area contributed by atoms with E-state index in [2.05, 4.69) is 0 Å². The number of rotatable bonds is 6. The van der Waals surface area contributed by atoms with Gasteiger partial charge in [0.05, 0.1) is 49.1 Å². The van der Waals surface area contributed by atoms with E-state index in [0.717, 1.165) is 12.8 Å². The van der Waals surface area contributed by atoms with Crippen LogP contribution in [0.2, 0.25) is 0 Å². The molecule has 5 fully saturated rings. The van der Waals surface area contributed by atoms with Crippen molar-refractivity contribution in [3.8, 4) is 0 Å². The van der Waals surface area contributed by atoms with Gasteiger partial charge in [-0.3, -0.25) is 4.79 Å². The summed E-state index contributed by atoms with van der Waals surface area (Å²) in [6.45, 7) is 0.811. The maximum absolute atomic E-state index is 13.1. The minimum atomic E-state index is -1.70. The van der Waals surface area contributed by atoms with Gasteiger partial charge in [0.2, 0.25) is 0 Å². The monoisotopic (exact) mass is 592 g/mol. The molecule has 0 amide bonds. The first kappa shape index (κ1) is 31.6. The first-order valence-electron chi connectivity index (χ1n) is 14.7. The predicted octanol–water partition coefficient (Wildman–Crippen LogP) is -2.93. The quantitative estimate of drug-likeness (QED) is 0.155. The smallest absolute Gasteiger partial charge is 0.187 e. The number of fused-ring (bicyclic) bond motifs is 1. The summed E-state index contributed by atoms with van der Waals surface area (Å²) < 4.78 is 29.5. The summed E-state index contributed by atoms with van der Waals surface area (Å²) in [6.07, 6.45) is -14.3. The summed E-state index contributed by atoms with van der Waals surface area (Å²) in [4.78, 5) is 13.1. The zero-order valence-electron chi connectivity index (χ0n) is 23.0. The van der Waals surface area contributed by atoms with Crippen LogP contribution in [0.15, 0.2) is 0 Å². The SMILES string of the molecule is CC1O[C@@H](OC2C(O)[C@H](O)C(CO)O[C@H]2OC2CC(O)C3C(=O)CC(C4CCC(O)CC4)OC3C2)C(O)C(O)[C@H]1O. The lowest BCUT2D eigenvalue weighted by atomic mass is 9.73. The molecule has 2 aliphatic carbocycles. The second-order valence-corrected chi connectivity index (χ2v) is 12.3. The van der Waals surface area contributed by atoms with Gasteiger partial charge in [-0.15, -0.1) is 0 Å². The molecule has 8 N–H and O–H groups in total.